The van der Waals surface area contributed by atoms with E-state index < -0.39 is 17.5 Å². The van der Waals surface area contributed by atoms with Crippen molar-refractivity contribution in [3.05, 3.63) is 65.7 Å². The Morgan fingerprint density at radius 3 is 2.52 bits per heavy atom. The van der Waals surface area contributed by atoms with E-state index in [1.165, 1.54) is 6.21 Å². The lowest BCUT2D eigenvalue weighted by Crippen LogP contribution is -2.40. The molecule has 6 nitrogen and oxygen atoms in total. The molecule has 1 fully saturated rings. The Kier molecular flexibility index (Phi) is 4.52. The molecule has 0 spiro atoms. The Hall–Kier alpha value is -3.15. The zero-order chi connectivity index (χ0) is 17.9. The minimum absolute atomic E-state index is 0.422. The fourth-order valence-electron chi connectivity index (χ4n) is 2.69. The highest BCUT2D eigenvalue weighted by Gasteiger charge is 2.49. The van der Waals surface area contributed by atoms with Gasteiger partial charge in [-0.05, 0) is 31.5 Å². The number of nitrogens with one attached hydrogen (secondary N) is 1. The van der Waals surface area contributed by atoms with Crippen LogP contribution in [0.2, 0.25) is 0 Å². The van der Waals surface area contributed by atoms with E-state index in [4.69, 9.17) is 4.74 Å². The Labute approximate surface area is 146 Å². The van der Waals surface area contributed by atoms with Gasteiger partial charge in [0.2, 0.25) is 0 Å². The predicted molar refractivity (Wildman–Crippen MR) is 94.4 cm³/mol. The third kappa shape index (κ3) is 3.10. The molecule has 1 heterocycles. The number of hydrogen-bond donors (Lipinski definition) is 1. The number of nitrogens with zero attached hydrogens (tertiary/aromatic N) is 2. The smallest absolute Gasteiger partial charge is 0.346 e. The van der Waals surface area contributed by atoms with Gasteiger partial charge in [0.05, 0.1) is 12.8 Å². The highest BCUT2D eigenvalue weighted by Crippen LogP contribution is 2.28. The molecule has 1 N–H and O–H groups in total. The summed E-state index contributed by atoms with van der Waals surface area (Å²) in [6.07, 6.45) is 1.46. The summed E-state index contributed by atoms with van der Waals surface area (Å²) in [7, 11) is 0. The molecule has 0 saturated carbocycles. The molecule has 1 atom stereocenters. The SMILES string of the molecule is CCOc1ccccc1/C=N\N1C(=O)N[C@](C)(c2ccccc2)C1=O. The molecular formula is C19H19N3O3. The zero-order valence-corrected chi connectivity index (χ0v) is 14.1. The van der Waals surface area contributed by atoms with Crippen molar-refractivity contribution in [1.82, 2.24) is 10.3 Å². The number of hydrogen-bond acceptors (Lipinski definition) is 4. The number of benzene rings is 2. The molecule has 1 aliphatic heterocycles. The lowest BCUT2D eigenvalue weighted by atomic mass is 9.92. The predicted octanol–water partition coefficient (Wildman–Crippen LogP) is 2.89. The van der Waals surface area contributed by atoms with Crippen LogP contribution >= 0.6 is 0 Å². The summed E-state index contributed by atoms with van der Waals surface area (Å²) in [6.45, 7) is 4.07. The number of amides is 3. The van der Waals surface area contributed by atoms with E-state index in [0.29, 0.717) is 23.5 Å². The summed E-state index contributed by atoms with van der Waals surface area (Å²) in [4.78, 5) is 25.0. The Bertz CT molecular complexity index is 820. The normalized spacial score (nSPS) is 20.2. The molecule has 6 heteroatoms. The molecule has 128 valence electrons. The summed E-state index contributed by atoms with van der Waals surface area (Å²) in [6, 6.07) is 15.9. The number of para-hydroxylation sites is 1. The average Bonchev–Trinajstić information content (AvgIpc) is 2.85. The van der Waals surface area contributed by atoms with Gasteiger partial charge in [-0.1, -0.05) is 42.5 Å². The monoisotopic (exact) mass is 337 g/mol. The number of carbonyl (C=O) groups excluding carboxylic acids is 2. The first-order valence-electron chi connectivity index (χ1n) is 8.04. The fourth-order valence-corrected chi connectivity index (χ4v) is 2.69. The molecule has 0 aliphatic carbocycles. The third-order valence-corrected chi connectivity index (χ3v) is 4.05. The number of hydrazone groups is 1. The highest BCUT2D eigenvalue weighted by atomic mass is 16.5. The number of ether oxygens (including phenoxy) is 1. The van der Waals surface area contributed by atoms with Crippen LogP contribution < -0.4 is 10.1 Å². The number of imide groups is 1. The first-order valence-corrected chi connectivity index (χ1v) is 8.04. The lowest BCUT2D eigenvalue weighted by Gasteiger charge is -2.20. The summed E-state index contributed by atoms with van der Waals surface area (Å²) < 4.78 is 5.52. The molecule has 0 aromatic heterocycles. The van der Waals surface area contributed by atoms with Gasteiger partial charge in [-0.2, -0.15) is 5.10 Å². The van der Waals surface area contributed by atoms with Crippen molar-refractivity contribution in [1.29, 1.82) is 0 Å². The van der Waals surface area contributed by atoms with Crippen LogP contribution in [0, 0.1) is 0 Å². The second-order valence-electron chi connectivity index (χ2n) is 5.75. The van der Waals surface area contributed by atoms with E-state index in [0.717, 1.165) is 5.01 Å². The van der Waals surface area contributed by atoms with Crippen molar-refractivity contribution in [3.63, 3.8) is 0 Å². The second-order valence-corrected chi connectivity index (χ2v) is 5.75. The molecule has 2 aromatic carbocycles. The van der Waals surface area contributed by atoms with Crippen LogP contribution in [0.15, 0.2) is 59.7 Å². The van der Waals surface area contributed by atoms with Crippen molar-refractivity contribution >= 4 is 18.2 Å². The molecule has 1 saturated heterocycles. The van der Waals surface area contributed by atoms with Crippen molar-refractivity contribution < 1.29 is 14.3 Å². The molecule has 25 heavy (non-hydrogen) atoms. The number of urea groups is 1. The van der Waals surface area contributed by atoms with Crippen molar-refractivity contribution in [3.8, 4) is 5.75 Å². The maximum absolute atomic E-state index is 12.8. The van der Waals surface area contributed by atoms with E-state index in [1.807, 2.05) is 49.4 Å². The fraction of sp³-hybridized carbons (Fsp3) is 0.211. The Morgan fingerprint density at radius 1 is 1.12 bits per heavy atom. The van der Waals surface area contributed by atoms with E-state index >= 15 is 0 Å². The number of rotatable bonds is 5. The summed E-state index contributed by atoms with van der Waals surface area (Å²) in [5.41, 5.74) is 0.272. The van der Waals surface area contributed by atoms with Crippen LogP contribution in [0.4, 0.5) is 4.79 Å². The Morgan fingerprint density at radius 2 is 1.80 bits per heavy atom. The molecule has 0 unspecified atom stereocenters. The summed E-state index contributed by atoms with van der Waals surface area (Å²) in [5.74, 6) is 0.223. The maximum atomic E-state index is 12.8. The molecule has 0 radical (unpaired) electrons. The van der Waals surface area contributed by atoms with E-state index in [-0.39, 0.29) is 0 Å². The van der Waals surface area contributed by atoms with Gasteiger partial charge in [0.25, 0.3) is 5.91 Å². The first kappa shape index (κ1) is 16.7. The average molecular weight is 337 g/mol. The second kappa shape index (κ2) is 6.76. The maximum Gasteiger partial charge on any atom is 0.346 e. The molecule has 3 rings (SSSR count). The summed E-state index contributed by atoms with van der Waals surface area (Å²) in [5, 5.41) is 7.66. The van der Waals surface area contributed by atoms with Gasteiger partial charge in [0.15, 0.2) is 0 Å². The van der Waals surface area contributed by atoms with E-state index in [1.54, 1.807) is 19.1 Å². The zero-order valence-electron chi connectivity index (χ0n) is 14.1. The minimum Gasteiger partial charge on any atom is -0.493 e. The van der Waals surface area contributed by atoms with Crippen LogP contribution in [0.25, 0.3) is 0 Å². The van der Waals surface area contributed by atoms with Crippen LogP contribution in [-0.4, -0.2) is 29.8 Å². The third-order valence-electron chi connectivity index (χ3n) is 4.05. The topological polar surface area (TPSA) is 71.0 Å². The van der Waals surface area contributed by atoms with Gasteiger partial charge in [-0.15, -0.1) is 5.01 Å². The number of carbonyl (C=O) groups is 2. The lowest BCUT2D eigenvalue weighted by molar-refractivity contribution is -0.131. The van der Waals surface area contributed by atoms with Crippen molar-refractivity contribution in [2.24, 2.45) is 5.10 Å². The van der Waals surface area contributed by atoms with Gasteiger partial charge >= 0.3 is 6.03 Å². The van der Waals surface area contributed by atoms with Gasteiger partial charge < -0.3 is 10.1 Å². The van der Waals surface area contributed by atoms with Gasteiger partial charge in [-0.3, -0.25) is 4.79 Å². The molecule has 2 aromatic rings. The largest absolute Gasteiger partial charge is 0.493 e. The van der Waals surface area contributed by atoms with Gasteiger partial charge in [0.1, 0.15) is 11.3 Å². The quantitative estimate of drug-likeness (QED) is 0.674. The van der Waals surface area contributed by atoms with E-state index in [9.17, 15) is 9.59 Å². The Balaban J connectivity index is 1.87. The first-order chi connectivity index (χ1) is 12.1. The van der Waals surface area contributed by atoms with Gasteiger partial charge in [-0.25, -0.2) is 4.79 Å². The molecule has 0 bridgehead atoms. The van der Waals surface area contributed by atoms with E-state index in [2.05, 4.69) is 10.4 Å². The van der Waals surface area contributed by atoms with Crippen molar-refractivity contribution in [2.75, 3.05) is 6.61 Å². The van der Waals surface area contributed by atoms with Crippen LogP contribution in [0.5, 0.6) is 5.75 Å². The summed E-state index contributed by atoms with van der Waals surface area (Å²) >= 11 is 0. The van der Waals surface area contributed by atoms with Crippen LogP contribution in [0.1, 0.15) is 25.0 Å². The van der Waals surface area contributed by atoms with Gasteiger partial charge in [0, 0.05) is 5.56 Å². The molecule has 3 amide bonds. The molecular weight excluding hydrogens is 318 g/mol. The standard InChI is InChI=1S/C19H19N3O3/c1-3-25-16-12-8-7-9-14(16)13-20-22-17(23)19(2,21-18(22)24)15-10-5-4-6-11-15/h4-13H,3H2,1-2H3,(H,21,24)/b20-13-/t19-/m1/s1. The minimum atomic E-state index is -1.13. The highest BCUT2D eigenvalue weighted by molar-refractivity contribution is 6.07. The van der Waals surface area contributed by atoms with Crippen molar-refractivity contribution in [2.45, 2.75) is 19.4 Å². The van der Waals surface area contributed by atoms with Crippen LogP contribution in [-0.2, 0) is 10.3 Å². The molecule has 1 aliphatic rings. The van der Waals surface area contributed by atoms with Crippen LogP contribution in [0.3, 0.4) is 0 Å².